The lowest BCUT2D eigenvalue weighted by atomic mass is 10.1. The molecule has 18 heavy (non-hydrogen) atoms. The molecule has 0 aliphatic rings. The second-order valence-electron chi connectivity index (χ2n) is 4.50. The molecule has 5 nitrogen and oxygen atoms in total. The van der Waals surface area contributed by atoms with Crippen molar-refractivity contribution >= 4 is 17.0 Å². The molecule has 0 spiro atoms. The number of hydrogen-bond donors (Lipinski definition) is 1. The van der Waals surface area contributed by atoms with Crippen molar-refractivity contribution in [3.05, 3.63) is 23.8 Å². The summed E-state index contributed by atoms with van der Waals surface area (Å²) in [5.74, 6) is -0.964. The molecule has 1 heterocycles. The van der Waals surface area contributed by atoms with Crippen LogP contribution in [0.15, 0.2) is 18.2 Å². The molecule has 0 radical (unpaired) electrons. The summed E-state index contributed by atoms with van der Waals surface area (Å²) < 4.78 is 1.82. The van der Waals surface area contributed by atoms with E-state index in [2.05, 4.69) is 24.2 Å². The maximum atomic E-state index is 11.1. The number of unbranched alkanes of at least 4 members (excludes halogenated alkanes) is 1. The fourth-order valence-corrected chi connectivity index (χ4v) is 2.08. The highest BCUT2D eigenvalue weighted by atomic mass is 16.4. The molecule has 1 atom stereocenters. The minimum absolute atomic E-state index is 0.210. The maximum absolute atomic E-state index is 11.1. The van der Waals surface area contributed by atoms with Crippen molar-refractivity contribution in [2.75, 3.05) is 0 Å². The first-order chi connectivity index (χ1) is 8.65. The number of hydrogen-bond acceptors (Lipinski definition) is 3. The fourth-order valence-electron chi connectivity index (χ4n) is 2.08. The van der Waals surface area contributed by atoms with E-state index in [0.717, 1.165) is 24.8 Å². The Morgan fingerprint density at radius 2 is 2.28 bits per heavy atom. The average Bonchev–Trinajstić information content (AvgIpc) is 2.79. The van der Waals surface area contributed by atoms with Gasteiger partial charge in [-0.25, -0.2) is 9.48 Å². The number of carbonyl (C=O) groups is 1. The summed E-state index contributed by atoms with van der Waals surface area (Å²) in [5, 5.41) is 17.2. The smallest absolute Gasteiger partial charge is 0.338 e. The molecule has 0 aliphatic heterocycles. The minimum Gasteiger partial charge on any atom is -0.478 e. The minimum atomic E-state index is -0.964. The summed E-state index contributed by atoms with van der Waals surface area (Å²) in [6.07, 6.45) is 3.28. The van der Waals surface area contributed by atoms with Crippen LogP contribution in [-0.4, -0.2) is 26.1 Å². The molecular weight excluding hydrogens is 230 g/mol. The number of carboxylic acid groups (broad SMARTS) is 1. The third-order valence-corrected chi connectivity index (χ3v) is 3.13. The Bertz CT molecular complexity index is 562. The molecule has 0 amide bonds. The maximum Gasteiger partial charge on any atom is 0.338 e. The monoisotopic (exact) mass is 247 g/mol. The SMILES string of the molecule is CCCCC(C)n1nnc2c(C(=O)O)cccc21. The second-order valence-corrected chi connectivity index (χ2v) is 4.50. The third-order valence-electron chi connectivity index (χ3n) is 3.13. The normalized spacial score (nSPS) is 12.8. The summed E-state index contributed by atoms with van der Waals surface area (Å²) in [6, 6.07) is 5.39. The van der Waals surface area contributed by atoms with Gasteiger partial charge in [-0.2, -0.15) is 0 Å². The van der Waals surface area contributed by atoms with Gasteiger partial charge in [-0.05, 0) is 25.5 Å². The number of rotatable bonds is 5. The van der Waals surface area contributed by atoms with Crippen molar-refractivity contribution < 1.29 is 9.90 Å². The number of fused-ring (bicyclic) bond motifs is 1. The lowest BCUT2D eigenvalue weighted by Crippen LogP contribution is -2.07. The summed E-state index contributed by atoms with van der Waals surface area (Å²) in [6.45, 7) is 4.23. The first-order valence-electron chi connectivity index (χ1n) is 6.22. The van der Waals surface area contributed by atoms with Crippen LogP contribution in [0.1, 0.15) is 49.5 Å². The van der Waals surface area contributed by atoms with Gasteiger partial charge in [0.2, 0.25) is 0 Å². The highest BCUT2D eigenvalue weighted by Gasteiger charge is 2.16. The van der Waals surface area contributed by atoms with Crippen LogP contribution in [0.2, 0.25) is 0 Å². The van der Waals surface area contributed by atoms with E-state index < -0.39 is 5.97 Å². The van der Waals surface area contributed by atoms with Gasteiger partial charge in [-0.15, -0.1) is 5.10 Å². The first kappa shape index (κ1) is 12.5. The van der Waals surface area contributed by atoms with Gasteiger partial charge in [0.05, 0.1) is 17.1 Å². The van der Waals surface area contributed by atoms with Gasteiger partial charge in [0.15, 0.2) is 0 Å². The largest absolute Gasteiger partial charge is 0.478 e. The van der Waals surface area contributed by atoms with Crippen LogP contribution in [-0.2, 0) is 0 Å². The van der Waals surface area contributed by atoms with Crippen LogP contribution in [0, 0.1) is 0 Å². The van der Waals surface area contributed by atoms with Crippen molar-refractivity contribution in [2.45, 2.75) is 39.2 Å². The molecule has 5 heteroatoms. The standard InChI is InChI=1S/C13H17N3O2/c1-3-4-6-9(2)16-11-8-5-7-10(13(17)18)12(11)14-15-16/h5,7-9H,3-4,6H2,1-2H3,(H,17,18). The average molecular weight is 247 g/mol. The second kappa shape index (κ2) is 5.16. The molecule has 0 fully saturated rings. The van der Waals surface area contributed by atoms with E-state index in [1.165, 1.54) is 0 Å². The molecule has 1 unspecified atom stereocenters. The Morgan fingerprint density at radius 1 is 1.50 bits per heavy atom. The Balaban J connectivity index is 2.42. The van der Waals surface area contributed by atoms with Gasteiger partial charge in [-0.3, -0.25) is 0 Å². The Kier molecular flexibility index (Phi) is 3.60. The fraction of sp³-hybridized carbons (Fsp3) is 0.462. The zero-order valence-electron chi connectivity index (χ0n) is 10.6. The van der Waals surface area contributed by atoms with Crippen LogP contribution >= 0.6 is 0 Å². The first-order valence-corrected chi connectivity index (χ1v) is 6.22. The van der Waals surface area contributed by atoms with E-state index in [-0.39, 0.29) is 11.6 Å². The summed E-state index contributed by atoms with van der Waals surface area (Å²) in [7, 11) is 0. The van der Waals surface area contributed by atoms with Gasteiger partial charge < -0.3 is 5.11 Å². The summed E-state index contributed by atoms with van der Waals surface area (Å²) in [4.78, 5) is 11.1. The van der Waals surface area contributed by atoms with E-state index in [1.54, 1.807) is 12.1 Å². The topological polar surface area (TPSA) is 68.0 Å². The van der Waals surface area contributed by atoms with E-state index in [1.807, 2.05) is 10.7 Å². The molecule has 96 valence electrons. The zero-order valence-corrected chi connectivity index (χ0v) is 10.6. The zero-order chi connectivity index (χ0) is 13.1. The number of benzene rings is 1. The number of aromatic nitrogens is 3. The van der Waals surface area contributed by atoms with Gasteiger partial charge in [0.1, 0.15) is 5.52 Å². The number of carboxylic acids is 1. The highest BCUT2D eigenvalue weighted by molar-refractivity contribution is 6.00. The van der Waals surface area contributed by atoms with Crippen LogP contribution in [0.4, 0.5) is 0 Å². The third kappa shape index (κ3) is 2.20. The van der Waals surface area contributed by atoms with Crippen molar-refractivity contribution in [1.29, 1.82) is 0 Å². The van der Waals surface area contributed by atoms with E-state index in [4.69, 9.17) is 5.11 Å². The van der Waals surface area contributed by atoms with Crippen molar-refractivity contribution in [2.24, 2.45) is 0 Å². The molecular formula is C13H17N3O2. The molecule has 2 aromatic rings. The molecule has 1 aromatic carbocycles. The molecule has 0 saturated carbocycles. The van der Waals surface area contributed by atoms with Crippen molar-refractivity contribution in [3.8, 4) is 0 Å². The summed E-state index contributed by atoms with van der Waals surface area (Å²) >= 11 is 0. The molecule has 0 bridgehead atoms. The van der Waals surface area contributed by atoms with Crippen LogP contribution in [0.25, 0.3) is 11.0 Å². The Morgan fingerprint density at radius 3 is 2.94 bits per heavy atom. The number of aromatic carboxylic acids is 1. The van der Waals surface area contributed by atoms with Gasteiger partial charge in [0.25, 0.3) is 0 Å². The quantitative estimate of drug-likeness (QED) is 0.882. The highest BCUT2D eigenvalue weighted by Crippen LogP contribution is 2.22. The lowest BCUT2D eigenvalue weighted by molar-refractivity contribution is 0.0699. The predicted octanol–water partition coefficient (Wildman–Crippen LogP) is 2.88. The van der Waals surface area contributed by atoms with Gasteiger partial charge >= 0.3 is 5.97 Å². The van der Waals surface area contributed by atoms with Crippen molar-refractivity contribution in [3.63, 3.8) is 0 Å². The molecule has 0 saturated heterocycles. The van der Waals surface area contributed by atoms with Gasteiger partial charge in [-0.1, -0.05) is 31.0 Å². The predicted molar refractivity (Wildman–Crippen MR) is 68.7 cm³/mol. The molecule has 1 aromatic heterocycles. The van der Waals surface area contributed by atoms with Crippen LogP contribution in [0.5, 0.6) is 0 Å². The van der Waals surface area contributed by atoms with E-state index in [0.29, 0.717) is 5.52 Å². The van der Waals surface area contributed by atoms with Crippen LogP contribution < -0.4 is 0 Å². The number of nitrogens with zero attached hydrogens (tertiary/aromatic N) is 3. The Labute approximate surface area is 105 Å². The molecule has 2 rings (SSSR count). The van der Waals surface area contributed by atoms with E-state index in [9.17, 15) is 4.79 Å². The van der Waals surface area contributed by atoms with Crippen LogP contribution in [0.3, 0.4) is 0 Å². The van der Waals surface area contributed by atoms with Gasteiger partial charge in [0, 0.05) is 0 Å². The Hall–Kier alpha value is -1.91. The van der Waals surface area contributed by atoms with E-state index >= 15 is 0 Å². The summed E-state index contributed by atoms with van der Waals surface area (Å²) in [5.41, 5.74) is 1.47. The lowest BCUT2D eigenvalue weighted by Gasteiger charge is -2.11. The molecule has 0 aliphatic carbocycles. The molecule has 1 N–H and O–H groups in total. The van der Waals surface area contributed by atoms with Crippen molar-refractivity contribution in [1.82, 2.24) is 15.0 Å².